The minimum atomic E-state index is -0.980. The first-order chi connectivity index (χ1) is 9.77. The molecule has 0 atom stereocenters. The van der Waals surface area contributed by atoms with Crippen LogP contribution in [-0.2, 0) is 14.4 Å². The molecule has 0 aromatic rings. The number of carbonyl (C=O) groups is 3. The van der Waals surface area contributed by atoms with Crippen molar-refractivity contribution < 1.29 is 24.6 Å². The molecule has 0 spiro atoms. The molecule has 0 bridgehead atoms. The molecule has 0 saturated carbocycles. The van der Waals surface area contributed by atoms with Gasteiger partial charge < -0.3 is 15.1 Å². The first kappa shape index (κ1) is 17.3. The lowest BCUT2D eigenvalue weighted by molar-refractivity contribution is -0.139. The van der Waals surface area contributed by atoms with Gasteiger partial charge >= 0.3 is 11.9 Å². The second kappa shape index (κ2) is 7.91. The van der Waals surface area contributed by atoms with Gasteiger partial charge in [-0.25, -0.2) is 0 Å². The Kier molecular flexibility index (Phi) is 6.53. The number of carboxylic acids is 2. The third-order valence-corrected chi connectivity index (χ3v) is 3.11. The molecule has 0 unspecified atom stereocenters. The summed E-state index contributed by atoms with van der Waals surface area (Å²) in [5, 5.41) is 17.8. The summed E-state index contributed by atoms with van der Waals surface area (Å²) >= 11 is 0. The molecule has 21 heavy (non-hydrogen) atoms. The molecule has 1 aliphatic rings. The minimum Gasteiger partial charge on any atom is -0.480 e. The molecule has 1 aliphatic heterocycles. The van der Waals surface area contributed by atoms with Crippen molar-refractivity contribution in [2.24, 2.45) is 0 Å². The summed E-state index contributed by atoms with van der Waals surface area (Å²) in [5.41, 5.74) is 0. The highest BCUT2D eigenvalue weighted by molar-refractivity contribution is 5.77. The molecular formula is C12H22N4O5. The van der Waals surface area contributed by atoms with Gasteiger partial charge in [0.2, 0.25) is 5.91 Å². The van der Waals surface area contributed by atoms with Gasteiger partial charge in [-0.05, 0) is 0 Å². The first-order valence-corrected chi connectivity index (χ1v) is 6.58. The van der Waals surface area contributed by atoms with E-state index in [4.69, 9.17) is 10.2 Å². The van der Waals surface area contributed by atoms with Gasteiger partial charge in [0.25, 0.3) is 0 Å². The van der Waals surface area contributed by atoms with E-state index in [1.807, 2.05) is 4.90 Å². The van der Waals surface area contributed by atoms with Gasteiger partial charge in [-0.1, -0.05) is 0 Å². The molecule has 0 aliphatic carbocycles. The standard InChI is InChI=1S/C12H22N4O5/c1-13(2)10(17)5-14-3-4-15(6-11(18)19)9-16(8-14)7-12(20)21/h3-9H2,1-2H3,(H,18,19)(H,20,21). The normalized spacial score (nSPS) is 18.2. The monoisotopic (exact) mass is 302 g/mol. The Balaban J connectivity index is 2.69. The quantitative estimate of drug-likeness (QED) is 0.585. The Morgan fingerprint density at radius 3 is 1.71 bits per heavy atom. The average molecular weight is 302 g/mol. The summed E-state index contributed by atoms with van der Waals surface area (Å²) in [6, 6.07) is 0. The Bertz CT molecular complexity index is 401. The lowest BCUT2D eigenvalue weighted by Crippen LogP contribution is -2.44. The number of likely N-dealkylation sites (N-methyl/N-ethyl adjacent to an activating group) is 1. The van der Waals surface area contributed by atoms with E-state index in [9.17, 15) is 14.4 Å². The number of amides is 1. The van der Waals surface area contributed by atoms with E-state index in [0.717, 1.165) is 0 Å². The van der Waals surface area contributed by atoms with Crippen molar-refractivity contribution in [3.8, 4) is 0 Å². The molecule has 0 aromatic heterocycles. The predicted octanol–water partition coefficient (Wildman–Crippen LogP) is -1.92. The summed E-state index contributed by atoms with van der Waals surface area (Å²) in [7, 11) is 3.32. The Morgan fingerprint density at radius 1 is 0.857 bits per heavy atom. The smallest absolute Gasteiger partial charge is 0.317 e. The van der Waals surface area contributed by atoms with Crippen LogP contribution in [0.1, 0.15) is 0 Å². The fraction of sp³-hybridized carbons (Fsp3) is 0.750. The molecule has 120 valence electrons. The average Bonchev–Trinajstić information content (AvgIpc) is 2.50. The van der Waals surface area contributed by atoms with Gasteiger partial charge in [0.15, 0.2) is 0 Å². The molecule has 0 aromatic carbocycles. The number of aliphatic carboxylic acids is 2. The van der Waals surface area contributed by atoms with Crippen LogP contribution in [0.15, 0.2) is 0 Å². The lowest BCUT2D eigenvalue weighted by atomic mass is 10.4. The van der Waals surface area contributed by atoms with E-state index in [0.29, 0.717) is 19.8 Å². The van der Waals surface area contributed by atoms with Crippen LogP contribution in [0.4, 0.5) is 0 Å². The Hall–Kier alpha value is -1.71. The zero-order valence-electron chi connectivity index (χ0n) is 12.4. The van der Waals surface area contributed by atoms with Crippen LogP contribution in [-0.4, -0.2) is 108 Å². The van der Waals surface area contributed by atoms with Gasteiger partial charge in [0, 0.05) is 27.2 Å². The highest BCUT2D eigenvalue weighted by Crippen LogP contribution is 2.05. The van der Waals surface area contributed by atoms with E-state index in [2.05, 4.69) is 0 Å². The fourth-order valence-corrected chi connectivity index (χ4v) is 2.11. The summed E-state index contributed by atoms with van der Waals surface area (Å²) in [4.78, 5) is 40.0. The van der Waals surface area contributed by atoms with Crippen molar-refractivity contribution in [3.63, 3.8) is 0 Å². The highest BCUT2D eigenvalue weighted by atomic mass is 16.4. The summed E-state index contributed by atoms with van der Waals surface area (Å²) < 4.78 is 0. The number of carboxylic acid groups (broad SMARTS) is 2. The van der Waals surface area contributed by atoms with Crippen LogP contribution in [0, 0.1) is 0 Å². The maximum Gasteiger partial charge on any atom is 0.317 e. The van der Waals surface area contributed by atoms with E-state index < -0.39 is 11.9 Å². The molecule has 1 saturated heterocycles. The predicted molar refractivity (Wildman–Crippen MR) is 73.6 cm³/mol. The first-order valence-electron chi connectivity index (χ1n) is 6.58. The number of hydrogen-bond acceptors (Lipinski definition) is 6. The van der Waals surface area contributed by atoms with Gasteiger partial charge in [0.05, 0.1) is 33.0 Å². The van der Waals surface area contributed by atoms with Crippen LogP contribution >= 0.6 is 0 Å². The van der Waals surface area contributed by atoms with Crippen molar-refractivity contribution >= 4 is 17.8 Å². The van der Waals surface area contributed by atoms with Crippen molar-refractivity contribution in [3.05, 3.63) is 0 Å². The number of rotatable bonds is 6. The van der Waals surface area contributed by atoms with Crippen LogP contribution in [0.2, 0.25) is 0 Å². The number of hydrogen-bond donors (Lipinski definition) is 2. The third kappa shape index (κ3) is 6.52. The molecule has 1 heterocycles. The molecule has 2 N–H and O–H groups in total. The molecular weight excluding hydrogens is 280 g/mol. The van der Waals surface area contributed by atoms with Gasteiger partial charge in [-0.2, -0.15) is 0 Å². The Labute approximate surface area is 123 Å². The van der Waals surface area contributed by atoms with Gasteiger partial charge in [-0.15, -0.1) is 0 Å². The summed E-state index contributed by atoms with van der Waals surface area (Å²) in [5.74, 6) is -2.01. The largest absolute Gasteiger partial charge is 0.480 e. The highest BCUT2D eigenvalue weighted by Gasteiger charge is 2.24. The van der Waals surface area contributed by atoms with Crippen LogP contribution < -0.4 is 0 Å². The second-order valence-electron chi connectivity index (χ2n) is 5.29. The van der Waals surface area contributed by atoms with Gasteiger partial charge in [-0.3, -0.25) is 29.1 Å². The molecule has 0 radical (unpaired) electrons. The molecule has 9 heteroatoms. The van der Waals surface area contributed by atoms with E-state index in [1.165, 1.54) is 4.90 Å². The van der Waals surface area contributed by atoms with Crippen LogP contribution in [0.25, 0.3) is 0 Å². The van der Waals surface area contributed by atoms with Crippen molar-refractivity contribution in [1.29, 1.82) is 0 Å². The molecule has 9 nitrogen and oxygen atoms in total. The fourth-order valence-electron chi connectivity index (χ4n) is 2.11. The zero-order chi connectivity index (χ0) is 16.0. The van der Waals surface area contributed by atoms with Crippen LogP contribution in [0.3, 0.4) is 0 Å². The van der Waals surface area contributed by atoms with E-state index >= 15 is 0 Å². The van der Waals surface area contributed by atoms with E-state index in [1.54, 1.807) is 23.9 Å². The zero-order valence-corrected chi connectivity index (χ0v) is 12.4. The number of carbonyl (C=O) groups excluding carboxylic acids is 1. The molecule has 1 amide bonds. The molecule has 1 fully saturated rings. The minimum absolute atomic E-state index is 0.0723. The van der Waals surface area contributed by atoms with Crippen LogP contribution in [0.5, 0.6) is 0 Å². The second-order valence-corrected chi connectivity index (χ2v) is 5.29. The van der Waals surface area contributed by atoms with E-state index in [-0.39, 0.29) is 32.2 Å². The van der Waals surface area contributed by atoms with Gasteiger partial charge in [0.1, 0.15) is 0 Å². The summed E-state index contributed by atoms with van der Waals surface area (Å²) in [6.07, 6.45) is 0. The maximum absolute atomic E-state index is 11.8. The maximum atomic E-state index is 11.8. The third-order valence-electron chi connectivity index (χ3n) is 3.11. The lowest BCUT2D eigenvalue weighted by Gasteiger charge is -2.26. The summed E-state index contributed by atoms with van der Waals surface area (Å²) in [6.45, 7) is 1.41. The van der Waals surface area contributed by atoms with Crippen molar-refractivity contribution in [2.75, 3.05) is 60.2 Å². The topological polar surface area (TPSA) is 105 Å². The van der Waals surface area contributed by atoms with Crippen molar-refractivity contribution in [2.45, 2.75) is 0 Å². The SMILES string of the molecule is CN(C)C(=O)CN1CCN(CC(=O)O)CN(CC(=O)O)C1. The van der Waals surface area contributed by atoms with Crippen molar-refractivity contribution in [1.82, 2.24) is 19.6 Å². The Morgan fingerprint density at radius 2 is 1.29 bits per heavy atom. The number of nitrogens with zero attached hydrogens (tertiary/aromatic N) is 4. The molecule has 1 rings (SSSR count).